The summed E-state index contributed by atoms with van der Waals surface area (Å²) in [5.41, 5.74) is 0. The first-order valence-corrected chi connectivity index (χ1v) is 9.64. The van der Waals surface area contributed by atoms with Crippen LogP contribution in [0, 0.1) is 41.4 Å². The Labute approximate surface area is 136 Å². The number of ether oxygens (including phenoxy) is 1. The number of hydrogen-bond acceptors (Lipinski definition) is 2. The molecule has 0 spiro atoms. The molecule has 0 bridgehead atoms. The molecular weight excluding hydrogens is 272 g/mol. The van der Waals surface area contributed by atoms with E-state index in [0.717, 1.165) is 41.9 Å². The van der Waals surface area contributed by atoms with E-state index in [1.165, 1.54) is 38.5 Å². The average molecular weight is 306 g/mol. The Bertz CT molecular complexity index is 405. The Morgan fingerprint density at radius 2 is 1.59 bits per heavy atom. The van der Waals surface area contributed by atoms with Crippen molar-refractivity contribution in [3.63, 3.8) is 0 Å². The molecule has 3 saturated carbocycles. The molecule has 3 aliphatic rings. The minimum Gasteiger partial charge on any atom is -0.462 e. The van der Waals surface area contributed by atoms with Crippen LogP contribution in [0.5, 0.6) is 0 Å². The lowest BCUT2D eigenvalue weighted by molar-refractivity contribution is -0.152. The van der Waals surface area contributed by atoms with Crippen molar-refractivity contribution >= 4 is 5.97 Å². The van der Waals surface area contributed by atoms with E-state index in [9.17, 15) is 4.79 Å². The largest absolute Gasteiger partial charge is 0.462 e. The Morgan fingerprint density at radius 1 is 0.864 bits per heavy atom. The smallest absolute Gasteiger partial charge is 0.302 e. The van der Waals surface area contributed by atoms with Crippen LogP contribution in [0.15, 0.2) is 0 Å². The van der Waals surface area contributed by atoms with Gasteiger partial charge in [0.15, 0.2) is 0 Å². The van der Waals surface area contributed by atoms with Crippen LogP contribution in [-0.2, 0) is 9.53 Å². The summed E-state index contributed by atoms with van der Waals surface area (Å²) in [4.78, 5) is 11.2. The quantitative estimate of drug-likeness (QED) is 0.666. The standard InChI is InChI=1S/C20H34O2/c1-12-11-19(14(3)18-7-5-6-17(12)18)16-8-9-20(13(2)10-16)22-15(4)21/h12-14,16-20H,5-11H2,1-4H3. The van der Waals surface area contributed by atoms with Crippen LogP contribution in [0.1, 0.15) is 72.6 Å². The van der Waals surface area contributed by atoms with Crippen LogP contribution in [0.25, 0.3) is 0 Å². The fourth-order valence-electron chi connectivity index (χ4n) is 6.32. The number of hydrogen-bond donors (Lipinski definition) is 0. The van der Waals surface area contributed by atoms with Gasteiger partial charge in [-0.05, 0) is 80.0 Å². The summed E-state index contributed by atoms with van der Waals surface area (Å²) in [6, 6.07) is 0. The Morgan fingerprint density at radius 3 is 2.27 bits per heavy atom. The second-order valence-electron chi connectivity index (χ2n) is 8.69. The lowest BCUT2D eigenvalue weighted by Gasteiger charge is -2.48. The van der Waals surface area contributed by atoms with Crippen LogP contribution in [0.4, 0.5) is 0 Å². The number of carbonyl (C=O) groups excluding carboxylic acids is 1. The molecule has 8 atom stereocenters. The Balaban J connectivity index is 1.63. The number of fused-ring (bicyclic) bond motifs is 1. The van der Waals surface area contributed by atoms with Gasteiger partial charge in [0.1, 0.15) is 6.10 Å². The lowest BCUT2D eigenvalue weighted by Crippen LogP contribution is -2.42. The molecule has 0 aliphatic heterocycles. The molecule has 2 nitrogen and oxygen atoms in total. The van der Waals surface area contributed by atoms with E-state index < -0.39 is 0 Å². The van der Waals surface area contributed by atoms with Gasteiger partial charge in [-0.3, -0.25) is 4.79 Å². The summed E-state index contributed by atoms with van der Waals surface area (Å²) in [6.45, 7) is 8.89. The van der Waals surface area contributed by atoms with Gasteiger partial charge >= 0.3 is 5.97 Å². The zero-order chi connectivity index (χ0) is 15.9. The van der Waals surface area contributed by atoms with E-state index in [-0.39, 0.29) is 12.1 Å². The van der Waals surface area contributed by atoms with Gasteiger partial charge in [-0.15, -0.1) is 0 Å². The van der Waals surface area contributed by atoms with E-state index in [1.807, 2.05) is 0 Å². The van der Waals surface area contributed by atoms with Crippen LogP contribution < -0.4 is 0 Å². The van der Waals surface area contributed by atoms with E-state index >= 15 is 0 Å². The van der Waals surface area contributed by atoms with Crippen molar-refractivity contribution in [1.29, 1.82) is 0 Å². The van der Waals surface area contributed by atoms with Gasteiger partial charge in [-0.2, -0.15) is 0 Å². The van der Waals surface area contributed by atoms with Gasteiger partial charge in [-0.25, -0.2) is 0 Å². The first-order chi connectivity index (χ1) is 10.5. The zero-order valence-electron chi connectivity index (χ0n) is 14.9. The van der Waals surface area contributed by atoms with Gasteiger partial charge in [0.2, 0.25) is 0 Å². The normalized spacial score (nSPS) is 48.7. The molecule has 3 fully saturated rings. The molecule has 2 heteroatoms. The van der Waals surface area contributed by atoms with Gasteiger partial charge in [-0.1, -0.05) is 27.2 Å². The molecular formula is C20H34O2. The molecule has 0 aromatic carbocycles. The summed E-state index contributed by atoms with van der Waals surface area (Å²) in [7, 11) is 0. The van der Waals surface area contributed by atoms with Crippen LogP contribution in [0.3, 0.4) is 0 Å². The summed E-state index contributed by atoms with van der Waals surface area (Å²) >= 11 is 0. The highest BCUT2D eigenvalue weighted by Gasteiger charge is 2.46. The third-order valence-electron chi connectivity index (χ3n) is 7.40. The molecule has 0 N–H and O–H groups in total. The van der Waals surface area contributed by atoms with Crippen LogP contribution >= 0.6 is 0 Å². The summed E-state index contributed by atoms with van der Waals surface area (Å²) in [5, 5.41) is 0. The van der Waals surface area contributed by atoms with Gasteiger partial charge < -0.3 is 4.74 Å². The van der Waals surface area contributed by atoms with Gasteiger partial charge in [0, 0.05) is 6.92 Å². The third-order valence-corrected chi connectivity index (χ3v) is 7.40. The molecule has 0 radical (unpaired) electrons. The number of carbonyl (C=O) groups is 1. The number of rotatable bonds is 2. The molecule has 0 amide bonds. The predicted molar refractivity (Wildman–Crippen MR) is 89.3 cm³/mol. The minimum atomic E-state index is -0.108. The van der Waals surface area contributed by atoms with E-state index in [1.54, 1.807) is 6.92 Å². The molecule has 0 aromatic rings. The highest BCUT2D eigenvalue weighted by Crippen LogP contribution is 2.54. The zero-order valence-corrected chi connectivity index (χ0v) is 14.9. The maximum Gasteiger partial charge on any atom is 0.302 e. The summed E-state index contributed by atoms with van der Waals surface area (Å²) in [6.07, 6.45) is 9.65. The minimum absolute atomic E-state index is 0.108. The second-order valence-corrected chi connectivity index (χ2v) is 8.69. The molecule has 3 aliphatic carbocycles. The van der Waals surface area contributed by atoms with Crippen LogP contribution in [0.2, 0.25) is 0 Å². The van der Waals surface area contributed by atoms with Crippen LogP contribution in [-0.4, -0.2) is 12.1 Å². The first-order valence-electron chi connectivity index (χ1n) is 9.64. The molecule has 126 valence electrons. The molecule has 8 unspecified atom stereocenters. The second kappa shape index (κ2) is 6.53. The van der Waals surface area contributed by atoms with Crippen molar-refractivity contribution in [1.82, 2.24) is 0 Å². The highest BCUT2D eigenvalue weighted by molar-refractivity contribution is 5.66. The molecule has 3 rings (SSSR count). The summed E-state index contributed by atoms with van der Waals surface area (Å²) in [5.74, 6) is 6.05. The molecule has 0 aromatic heterocycles. The van der Waals surface area contributed by atoms with Crippen molar-refractivity contribution in [2.45, 2.75) is 78.7 Å². The molecule has 22 heavy (non-hydrogen) atoms. The maximum atomic E-state index is 11.2. The third kappa shape index (κ3) is 3.08. The highest BCUT2D eigenvalue weighted by atomic mass is 16.5. The first kappa shape index (κ1) is 16.3. The van der Waals surface area contributed by atoms with E-state index in [4.69, 9.17) is 4.74 Å². The molecule has 0 saturated heterocycles. The Kier molecular flexibility index (Phi) is 4.85. The van der Waals surface area contributed by atoms with Crippen molar-refractivity contribution < 1.29 is 9.53 Å². The maximum absolute atomic E-state index is 11.2. The van der Waals surface area contributed by atoms with Gasteiger partial charge in [0.25, 0.3) is 0 Å². The van der Waals surface area contributed by atoms with E-state index in [0.29, 0.717) is 5.92 Å². The fourth-order valence-corrected chi connectivity index (χ4v) is 6.32. The SMILES string of the molecule is CC(=O)OC1CCC(C2CC(C)C3CCCC3C2C)CC1C. The van der Waals surface area contributed by atoms with E-state index in [2.05, 4.69) is 20.8 Å². The van der Waals surface area contributed by atoms with Gasteiger partial charge in [0.05, 0.1) is 0 Å². The Hall–Kier alpha value is -0.530. The van der Waals surface area contributed by atoms with Crippen molar-refractivity contribution in [3.8, 4) is 0 Å². The molecule has 0 heterocycles. The predicted octanol–water partition coefficient (Wildman–Crippen LogP) is 5.06. The topological polar surface area (TPSA) is 26.3 Å². The summed E-state index contributed by atoms with van der Waals surface area (Å²) < 4.78 is 5.52. The fraction of sp³-hybridized carbons (Fsp3) is 0.950. The number of esters is 1. The van der Waals surface area contributed by atoms with Crippen molar-refractivity contribution in [2.75, 3.05) is 0 Å². The monoisotopic (exact) mass is 306 g/mol. The van der Waals surface area contributed by atoms with Crippen molar-refractivity contribution in [2.24, 2.45) is 41.4 Å². The van der Waals surface area contributed by atoms with Crippen molar-refractivity contribution in [3.05, 3.63) is 0 Å². The lowest BCUT2D eigenvalue weighted by atomic mass is 9.58. The average Bonchev–Trinajstić information content (AvgIpc) is 2.95.